The van der Waals surface area contributed by atoms with Crippen LogP contribution in [0.1, 0.15) is 52.9 Å². The van der Waals surface area contributed by atoms with E-state index in [4.69, 9.17) is 4.74 Å². The summed E-state index contributed by atoms with van der Waals surface area (Å²) in [6.45, 7) is 5.26. The fraction of sp³-hybridized carbons (Fsp3) is 1.00. The van der Waals surface area contributed by atoms with Crippen molar-refractivity contribution in [1.82, 2.24) is 4.90 Å². The third-order valence-corrected chi connectivity index (χ3v) is 4.46. The third kappa shape index (κ3) is 4.10. The Hall–Kier alpha value is -0.290. The van der Waals surface area contributed by atoms with Crippen LogP contribution in [0, 0.1) is 5.92 Å². The van der Waals surface area contributed by atoms with Gasteiger partial charge in [-0.3, -0.25) is 4.90 Å². The van der Waals surface area contributed by atoms with E-state index in [9.17, 15) is 13.2 Å². The van der Waals surface area contributed by atoms with Crippen molar-refractivity contribution >= 4 is 0 Å². The molecule has 0 aliphatic carbocycles. The van der Waals surface area contributed by atoms with E-state index in [-0.39, 0.29) is 13.2 Å². The van der Waals surface area contributed by atoms with Crippen LogP contribution in [0.25, 0.3) is 0 Å². The second-order valence-corrected chi connectivity index (χ2v) is 7.17. The highest BCUT2D eigenvalue weighted by molar-refractivity contribution is 4.93. The first-order valence-electron chi connectivity index (χ1n) is 7.63. The van der Waals surface area contributed by atoms with Crippen molar-refractivity contribution in [2.75, 3.05) is 13.2 Å². The SMILES string of the molecule is CC(C)(C)OCC(CN1C2CCCC1CC2)C(F)(F)F. The molecule has 2 nitrogen and oxygen atoms in total. The summed E-state index contributed by atoms with van der Waals surface area (Å²) in [4.78, 5) is 2.10. The molecule has 0 spiro atoms. The summed E-state index contributed by atoms with van der Waals surface area (Å²) in [5.41, 5.74) is -0.523. The lowest BCUT2D eigenvalue weighted by Crippen LogP contribution is -2.47. The van der Waals surface area contributed by atoms with Crippen molar-refractivity contribution < 1.29 is 17.9 Å². The number of alkyl halides is 3. The van der Waals surface area contributed by atoms with Gasteiger partial charge in [-0.25, -0.2) is 0 Å². The molecule has 2 rings (SSSR count). The Morgan fingerprint density at radius 3 is 2.05 bits per heavy atom. The van der Waals surface area contributed by atoms with Crippen molar-refractivity contribution in [3.63, 3.8) is 0 Å². The van der Waals surface area contributed by atoms with Gasteiger partial charge in [-0.1, -0.05) is 6.42 Å². The molecule has 0 aromatic heterocycles. The van der Waals surface area contributed by atoms with E-state index >= 15 is 0 Å². The number of hydrogen-bond donors (Lipinski definition) is 0. The van der Waals surface area contributed by atoms with Gasteiger partial charge in [0.05, 0.1) is 18.1 Å². The van der Waals surface area contributed by atoms with E-state index < -0.39 is 17.7 Å². The van der Waals surface area contributed by atoms with Crippen LogP contribution in [-0.4, -0.2) is 41.9 Å². The predicted molar refractivity (Wildman–Crippen MR) is 72.6 cm³/mol. The zero-order chi connectivity index (χ0) is 15.0. The minimum Gasteiger partial charge on any atom is -0.375 e. The molecule has 2 heterocycles. The number of halogens is 3. The third-order valence-electron chi connectivity index (χ3n) is 4.46. The molecule has 2 saturated heterocycles. The Bertz CT molecular complexity index is 308. The van der Waals surface area contributed by atoms with Crippen LogP contribution < -0.4 is 0 Å². The molecule has 0 saturated carbocycles. The summed E-state index contributed by atoms with van der Waals surface area (Å²) >= 11 is 0. The van der Waals surface area contributed by atoms with Gasteiger partial charge in [0, 0.05) is 18.6 Å². The summed E-state index contributed by atoms with van der Waals surface area (Å²) in [7, 11) is 0. The maximum Gasteiger partial charge on any atom is 0.395 e. The summed E-state index contributed by atoms with van der Waals surface area (Å²) in [5.74, 6) is -1.37. The van der Waals surface area contributed by atoms with Crippen LogP contribution in [0.3, 0.4) is 0 Å². The molecule has 5 heteroatoms. The second kappa shape index (κ2) is 5.84. The molecule has 0 aromatic rings. The topological polar surface area (TPSA) is 12.5 Å². The molecule has 0 radical (unpaired) electrons. The van der Waals surface area contributed by atoms with Crippen LogP contribution in [-0.2, 0) is 4.74 Å². The first kappa shape index (κ1) is 16.1. The van der Waals surface area contributed by atoms with Crippen LogP contribution in [0.5, 0.6) is 0 Å². The van der Waals surface area contributed by atoms with Crippen LogP contribution in [0.2, 0.25) is 0 Å². The highest BCUT2D eigenvalue weighted by Crippen LogP contribution is 2.38. The van der Waals surface area contributed by atoms with E-state index in [1.165, 1.54) is 6.42 Å². The van der Waals surface area contributed by atoms with Crippen molar-refractivity contribution in [3.05, 3.63) is 0 Å². The largest absolute Gasteiger partial charge is 0.395 e. The Morgan fingerprint density at radius 1 is 1.05 bits per heavy atom. The van der Waals surface area contributed by atoms with E-state index in [0.29, 0.717) is 12.1 Å². The lowest BCUT2D eigenvalue weighted by atomic mass is 10.00. The normalized spacial score (nSPS) is 29.7. The molecular weight excluding hydrogens is 267 g/mol. The molecule has 3 unspecified atom stereocenters. The maximum absolute atomic E-state index is 13.2. The van der Waals surface area contributed by atoms with Gasteiger partial charge in [0.1, 0.15) is 0 Å². The quantitative estimate of drug-likeness (QED) is 0.777. The number of rotatable bonds is 4. The van der Waals surface area contributed by atoms with Crippen LogP contribution in [0.15, 0.2) is 0 Å². The Balaban J connectivity index is 1.97. The standard InChI is InChI=1S/C15H26F3NO/c1-14(2,3)20-10-11(15(16,17)18)9-19-12-5-4-6-13(19)8-7-12/h11-13H,4-10H2,1-3H3. The molecule has 3 atom stereocenters. The summed E-state index contributed by atoms with van der Waals surface area (Å²) in [5, 5.41) is 0. The van der Waals surface area contributed by atoms with Gasteiger partial charge in [-0.15, -0.1) is 0 Å². The molecule has 2 fully saturated rings. The highest BCUT2D eigenvalue weighted by Gasteiger charge is 2.45. The molecular formula is C15H26F3NO. The summed E-state index contributed by atoms with van der Waals surface area (Å²) in [6.07, 6.45) is 1.23. The molecule has 20 heavy (non-hydrogen) atoms. The second-order valence-electron chi connectivity index (χ2n) is 7.17. The number of piperidine rings is 1. The van der Waals surface area contributed by atoms with Gasteiger partial charge < -0.3 is 4.74 Å². The molecule has 0 aromatic carbocycles. The van der Waals surface area contributed by atoms with E-state index in [0.717, 1.165) is 25.7 Å². The average molecular weight is 293 g/mol. The van der Waals surface area contributed by atoms with Gasteiger partial charge in [-0.2, -0.15) is 13.2 Å². The first-order valence-corrected chi connectivity index (χ1v) is 7.63. The highest BCUT2D eigenvalue weighted by atomic mass is 19.4. The van der Waals surface area contributed by atoms with E-state index in [1.54, 1.807) is 20.8 Å². The Labute approximate surface area is 119 Å². The summed E-state index contributed by atoms with van der Waals surface area (Å²) < 4.78 is 45.1. The van der Waals surface area contributed by atoms with Crippen molar-refractivity contribution in [3.8, 4) is 0 Å². The molecule has 2 aliphatic rings. The van der Waals surface area contributed by atoms with E-state index in [1.807, 2.05) is 0 Å². The fourth-order valence-electron chi connectivity index (χ4n) is 3.38. The van der Waals surface area contributed by atoms with Gasteiger partial charge in [0.15, 0.2) is 0 Å². The van der Waals surface area contributed by atoms with Crippen molar-refractivity contribution in [2.24, 2.45) is 5.92 Å². The minimum atomic E-state index is -4.18. The molecule has 2 bridgehead atoms. The molecule has 118 valence electrons. The molecule has 2 aliphatic heterocycles. The lowest BCUT2D eigenvalue weighted by molar-refractivity contribution is -0.203. The lowest BCUT2D eigenvalue weighted by Gasteiger charge is -2.38. The monoisotopic (exact) mass is 293 g/mol. The van der Waals surface area contributed by atoms with Gasteiger partial charge in [-0.05, 0) is 46.5 Å². The number of hydrogen-bond acceptors (Lipinski definition) is 2. The number of ether oxygens (including phenoxy) is 1. The fourth-order valence-corrected chi connectivity index (χ4v) is 3.38. The number of nitrogens with zero attached hydrogens (tertiary/aromatic N) is 1. The zero-order valence-corrected chi connectivity index (χ0v) is 12.7. The zero-order valence-electron chi connectivity index (χ0n) is 12.7. The molecule has 0 N–H and O–H groups in total. The Kier molecular flexibility index (Phi) is 4.69. The van der Waals surface area contributed by atoms with Gasteiger partial charge >= 0.3 is 6.18 Å². The van der Waals surface area contributed by atoms with E-state index in [2.05, 4.69) is 4.90 Å². The Morgan fingerprint density at radius 2 is 1.60 bits per heavy atom. The minimum absolute atomic E-state index is 0.106. The van der Waals surface area contributed by atoms with Crippen molar-refractivity contribution in [2.45, 2.75) is 76.7 Å². The number of fused-ring (bicyclic) bond motifs is 2. The van der Waals surface area contributed by atoms with Gasteiger partial charge in [0.25, 0.3) is 0 Å². The predicted octanol–water partition coefficient (Wildman–Crippen LogP) is 4.00. The molecule has 0 amide bonds. The van der Waals surface area contributed by atoms with Crippen LogP contribution in [0.4, 0.5) is 13.2 Å². The van der Waals surface area contributed by atoms with Crippen molar-refractivity contribution in [1.29, 1.82) is 0 Å². The maximum atomic E-state index is 13.2. The van der Waals surface area contributed by atoms with Crippen LogP contribution >= 0.6 is 0 Å². The van der Waals surface area contributed by atoms with Gasteiger partial charge in [0.2, 0.25) is 0 Å². The smallest absolute Gasteiger partial charge is 0.375 e. The summed E-state index contributed by atoms with van der Waals surface area (Å²) in [6, 6.07) is 0.737. The average Bonchev–Trinajstić information content (AvgIpc) is 2.52. The first-order chi connectivity index (χ1) is 9.17.